The van der Waals surface area contributed by atoms with Crippen LogP contribution in [-0.4, -0.2) is 20.4 Å². The zero-order valence-corrected chi connectivity index (χ0v) is 16.4. The summed E-state index contributed by atoms with van der Waals surface area (Å²) in [7, 11) is 0. The Morgan fingerprint density at radius 3 is 2.00 bits per heavy atom. The van der Waals surface area contributed by atoms with Crippen LogP contribution in [0.15, 0.2) is 71.3 Å². The van der Waals surface area contributed by atoms with E-state index in [0.717, 1.165) is 44.5 Å². The maximum atomic E-state index is 10.1. The Morgan fingerprint density at radius 2 is 1.40 bits per heavy atom. The van der Waals surface area contributed by atoms with Gasteiger partial charge in [-0.2, -0.15) is 20.7 Å². The average Bonchev–Trinajstić information content (AvgIpc) is 3.41. The largest absolute Gasteiger partial charge is 0.316 e. The molecular formula is C23H17N7. The van der Waals surface area contributed by atoms with Gasteiger partial charge < -0.3 is 4.90 Å². The van der Waals surface area contributed by atoms with E-state index < -0.39 is 5.92 Å². The lowest BCUT2D eigenvalue weighted by Crippen LogP contribution is -2.28. The molecule has 0 saturated heterocycles. The number of anilines is 1. The molecule has 0 atom stereocenters. The Kier molecular flexibility index (Phi) is 3.90. The molecule has 2 aromatic heterocycles. The predicted molar refractivity (Wildman–Crippen MR) is 114 cm³/mol. The molecule has 2 N–H and O–H groups in total. The van der Waals surface area contributed by atoms with Crippen LogP contribution in [0.3, 0.4) is 0 Å². The second-order valence-corrected chi connectivity index (χ2v) is 7.35. The zero-order valence-electron chi connectivity index (χ0n) is 16.4. The number of rotatable bonds is 2. The molecule has 7 nitrogen and oxygen atoms in total. The minimum absolute atomic E-state index is 0.409. The molecule has 7 heteroatoms. The third-order valence-corrected chi connectivity index (χ3v) is 5.75. The summed E-state index contributed by atoms with van der Waals surface area (Å²) in [6.07, 6.45) is 3.51. The van der Waals surface area contributed by atoms with Crippen molar-refractivity contribution in [1.29, 1.82) is 10.5 Å². The van der Waals surface area contributed by atoms with Crippen LogP contribution < -0.4 is 4.90 Å². The lowest BCUT2D eigenvalue weighted by Gasteiger charge is -2.35. The van der Waals surface area contributed by atoms with Crippen molar-refractivity contribution in [2.24, 2.45) is 0 Å². The molecule has 0 radical (unpaired) electrons. The summed E-state index contributed by atoms with van der Waals surface area (Å²) in [6, 6.07) is 16.6. The first kappa shape index (κ1) is 17.7. The van der Waals surface area contributed by atoms with Gasteiger partial charge in [0.2, 0.25) is 0 Å². The Hall–Kier alpha value is -4.36. The van der Waals surface area contributed by atoms with Crippen molar-refractivity contribution in [3.05, 3.63) is 76.9 Å². The first-order valence-electron chi connectivity index (χ1n) is 9.50. The van der Waals surface area contributed by atoms with E-state index in [2.05, 4.69) is 32.5 Å². The van der Waals surface area contributed by atoms with Crippen molar-refractivity contribution in [2.45, 2.75) is 19.8 Å². The van der Waals surface area contributed by atoms with Crippen molar-refractivity contribution >= 4 is 27.5 Å². The normalized spacial score (nSPS) is 15.1. The van der Waals surface area contributed by atoms with Gasteiger partial charge in [-0.3, -0.25) is 10.2 Å². The van der Waals surface area contributed by atoms with Gasteiger partial charge in [0.05, 0.1) is 52.6 Å². The maximum absolute atomic E-state index is 10.1. The fourth-order valence-electron chi connectivity index (χ4n) is 4.28. The van der Waals surface area contributed by atoms with Crippen LogP contribution in [-0.2, 0) is 0 Å². The summed E-state index contributed by atoms with van der Waals surface area (Å²) < 4.78 is 0. The molecule has 0 aliphatic carbocycles. The zero-order chi connectivity index (χ0) is 20.8. The fraction of sp³-hybridized carbons (Fsp3) is 0.130. The van der Waals surface area contributed by atoms with Gasteiger partial charge in [-0.25, -0.2) is 0 Å². The summed E-state index contributed by atoms with van der Waals surface area (Å²) >= 11 is 0. The Morgan fingerprint density at radius 1 is 0.833 bits per heavy atom. The Balaban J connectivity index is 1.70. The highest BCUT2D eigenvalue weighted by atomic mass is 15.2. The van der Waals surface area contributed by atoms with E-state index in [9.17, 15) is 10.5 Å². The Bertz CT molecular complexity index is 1410. The summed E-state index contributed by atoms with van der Waals surface area (Å²) in [5.74, 6) is -0.409. The highest BCUT2D eigenvalue weighted by Gasteiger charge is 2.34. The monoisotopic (exact) mass is 391 g/mol. The summed E-state index contributed by atoms with van der Waals surface area (Å²) in [6.45, 7) is 3.86. The number of aromatic nitrogens is 4. The lowest BCUT2D eigenvalue weighted by molar-refractivity contribution is 0.863. The van der Waals surface area contributed by atoms with Gasteiger partial charge in [0.15, 0.2) is 0 Å². The van der Waals surface area contributed by atoms with Crippen molar-refractivity contribution in [2.75, 3.05) is 4.90 Å². The molecule has 1 aliphatic rings. The van der Waals surface area contributed by atoms with E-state index in [1.165, 1.54) is 0 Å². The number of hydrogen-bond donors (Lipinski definition) is 2. The summed E-state index contributed by atoms with van der Waals surface area (Å²) in [5, 5.41) is 36.1. The summed E-state index contributed by atoms with van der Waals surface area (Å²) in [4.78, 5) is 1.98. The first-order chi connectivity index (χ1) is 14.6. The lowest BCUT2D eigenvalue weighted by atomic mass is 9.80. The van der Waals surface area contributed by atoms with Crippen LogP contribution in [0.1, 0.15) is 25.3 Å². The van der Waals surface area contributed by atoms with Gasteiger partial charge in [-0.05, 0) is 49.7 Å². The van der Waals surface area contributed by atoms with Gasteiger partial charge in [-0.15, -0.1) is 0 Å². The third kappa shape index (κ3) is 2.50. The molecule has 1 aliphatic heterocycles. The number of fused-ring (bicyclic) bond motifs is 2. The van der Waals surface area contributed by atoms with E-state index in [4.69, 9.17) is 0 Å². The van der Waals surface area contributed by atoms with Crippen LogP contribution in [0.25, 0.3) is 21.8 Å². The standard InChI is InChI=1S/C23H17N7/c1-13-19(9-24)23(15-3-5-21-16(7-15)11-26-28-21)20(10-25)14(2)30(13)18-4-6-22-17(8-18)12-27-29-22/h3-8,11-12,23H,1-2H3,(H,26,28)(H,27,29). The highest BCUT2D eigenvalue weighted by molar-refractivity contribution is 5.84. The topological polar surface area (TPSA) is 108 Å². The molecule has 3 heterocycles. The number of H-pyrrole nitrogens is 2. The van der Waals surface area contributed by atoms with Crippen molar-refractivity contribution < 1.29 is 0 Å². The smallest absolute Gasteiger partial charge is 0.0975 e. The van der Waals surface area contributed by atoms with Crippen LogP contribution in [0.5, 0.6) is 0 Å². The van der Waals surface area contributed by atoms with Crippen LogP contribution in [0.4, 0.5) is 5.69 Å². The maximum Gasteiger partial charge on any atom is 0.0975 e. The number of nitriles is 2. The van der Waals surface area contributed by atoms with E-state index >= 15 is 0 Å². The number of nitrogens with one attached hydrogen (secondary N) is 2. The minimum atomic E-state index is -0.409. The molecule has 144 valence electrons. The number of benzene rings is 2. The first-order valence-corrected chi connectivity index (χ1v) is 9.50. The minimum Gasteiger partial charge on any atom is -0.316 e. The summed E-state index contributed by atoms with van der Waals surface area (Å²) in [5.41, 5.74) is 6.40. The second kappa shape index (κ2) is 6.61. The molecule has 2 aromatic carbocycles. The van der Waals surface area contributed by atoms with E-state index in [1.54, 1.807) is 12.4 Å². The highest BCUT2D eigenvalue weighted by Crippen LogP contribution is 2.43. The quantitative estimate of drug-likeness (QED) is 0.517. The third-order valence-electron chi connectivity index (χ3n) is 5.75. The van der Waals surface area contributed by atoms with Crippen LogP contribution in [0, 0.1) is 22.7 Å². The van der Waals surface area contributed by atoms with Crippen LogP contribution >= 0.6 is 0 Å². The van der Waals surface area contributed by atoms with E-state index in [1.807, 2.05) is 55.1 Å². The number of aromatic amines is 2. The second-order valence-electron chi connectivity index (χ2n) is 7.35. The van der Waals surface area contributed by atoms with Gasteiger partial charge in [0.1, 0.15) is 0 Å². The number of allylic oxidation sites excluding steroid dienone is 4. The molecule has 0 spiro atoms. The molecule has 0 saturated carbocycles. The molecule has 4 aromatic rings. The molecule has 0 bridgehead atoms. The Labute approximate surface area is 172 Å². The van der Waals surface area contributed by atoms with Gasteiger partial charge in [0.25, 0.3) is 0 Å². The molecule has 0 fully saturated rings. The van der Waals surface area contributed by atoms with E-state index in [0.29, 0.717) is 11.1 Å². The van der Waals surface area contributed by atoms with E-state index in [-0.39, 0.29) is 0 Å². The van der Waals surface area contributed by atoms with Crippen LogP contribution in [0.2, 0.25) is 0 Å². The van der Waals surface area contributed by atoms with Crippen molar-refractivity contribution in [3.63, 3.8) is 0 Å². The number of hydrogen-bond acceptors (Lipinski definition) is 5. The predicted octanol–water partition coefficient (Wildman–Crippen LogP) is 4.64. The average molecular weight is 391 g/mol. The van der Waals surface area contributed by atoms with Crippen molar-refractivity contribution in [1.82, 2.24) is 20.4 Å². The molecular weight excluding hydrogens is 374 g/mol. The molecule has 0 amide bonds. The SMILES string of the molecule is CC1=C(C#N)C(c2ccc3[nH]ncc3c2)C(C#N)=C(C)N1c1ccc2[nH]ncc2c1. The van der Waals surface area contributed by atoms with Gasteiger partial charge in [-0.1, -0.05) is 6.07 Å². The van der Waals surface area contributed by atoms with Crippen molar-refractivity contribution in [3.8, 4) is 12.1 Å². The van der Waals surface area contributed by atoms with Gasteiger partial charge >= 0.3 is 0 Å². The number of nitrogens with zero attached hydrogens (tertiary/aromatic N) is 5. The molecule has 0 unspecified atom stereocenters. The fourth-order valence-corrected chi connectivity index (χ4v) is 4.28. The van der Waals surface area contributed by atoms with Gasteiger partial charge in [0, 0.05) is 27.9 Å². The molecule has 5 rings (SSSR count). The molecule has 30 heavy (non-hydrogen) atoms.